The molecule has 0 aliphatic rings. The maximum Gasteiger partial charge on any atom is 0.169 e. The smallest absolute Gasteiger partial charge is 0.169 e. The molecule has 0 amide bonds. The van der Waals surface area contributed by atoms with Crippen LogP contribution >= 0.6 is 15.9 Å². The van der Waals surface area contributed by atoms with Crippen LogP contribution in [-0.4, -0.2) is 13.2 Å². The molecule has 2 rings (SSSR count). The molecule has 2 aromatic rings. The topological polar surface area (TPSA) is 21.3 Å². The van der Waals surface area contributed by atoms with Gasteiger partial charge in [-0.05, 0) is 46.6 Å². The number of ether oxygens (including phenoxy) is 1. The molecule has 0 saturated carbocycles. The third kappa shape index (κ3) is 3.93. The van der Waals surface area contributed by atoms with E-state index >= 15 is 0 Å². The summed E-state index contributed by atoms with van der Waals surface area (Å²) >= 11 is 3.08. The van der Waals surface area contributed by atoms with Crippen LogP contribution in [0.4, 0.5) is 14.5 Å². The first-order chi connectivity index (χ1) is 9.56. The quantitative estimate of drug-likeness (QED) is 0.807. The summed E-state index contributed by atoms with van der Waals surface area (Å²) < 4.78 is 32.0. The lowest BCUT2D eigenvalue weighted by atomic mass is 10.2. The molecule has 0 bridgehead atoms. The fourth-order valence-electron chi connectivity index (χ4n) is 1.77. The average molecular weight is 342 g/mol. The number of hydrogen-bond donors (Lipinski definition) is 1. The lowest BCUT2D eigenvalue weighted by Gasteiger charge is -2.11. The number of rotatable bonds is 5. The minimum absolute atomic E-state index is 0.0254. The van der Waals surface area contributed by atoms with Gasteiger partial charge in [-0.15, -0.1) is 0 Å². The van der Waals surface area contributed by atoms with Crippen LogP contribution in [0.25, 0.3) is 0 Å². The van der Waals surface area contributed by atoms with Crippen LogP contribution < -0.4 is 10.1 Å². The Hall–Kier alpha value is -1.62. The molecule has 0 radical (unpaired) electrons. The van der Waals surface area contributed by atoms with Crippen LogP contribution in [0.15, 0.2) is 40.9 Å². The van der Waals surface area contributed by atoms with Gasteiger partial charge in [0.05, 0.1) is 4.47 Å². The second kappa shape index (κ2) is 6.70. The first-order valence-electron chi connectivity index (χ1n) is 6.14. The zero-order chi connectivity index (χ0) is 14.5. The Bertz CT molecular complexity index is 581. The van der Waals surface area contributed by atoms with Gasteiger partial charge in [0.1, 0.15) is 12.4 Å². The summed E-state index contributed by atoms with van der Waals surface area (Å²) in [7, 11) is 0. The fraction of sp³-hybridized carbons (Fsp3) is 0.200. The molecule has 106 valence electrons. The molecular formula is C15H14BrF2NO. The van der Waals surface area contributed by atoms with Crippen molar-refractivity contribution in [3.8, 4) is 5.75 Å². The molecule has 0 heterocycles. The van der Waals surface area contributed by atoms with Gasteiger partial charge in [0.25, 0.3) is 0 Å². The summed E-state index contributed by atoms with van der Waals surface area (Å²) in [5.41, 5.74) is 2.13. The van der Waals surface area contributed by atoms with Crippen LogP contribution in [-0.2, 0) is 0 Å². The normalized spacial score (nSPS) is 10.4. The molecule has 1 N–H and O–H groups in total. The molecule has 2 aromatic carbocycles. The highest BCUT2D eigenvalue weighted by atomic mass is 79.9. The largest absolute Gasteiger partial charge is 0.487 e. The molecule has 0 fully saturated rings. The van der Waals surface area contributed by atoms with E-state index in [1.807, 2.05) is 31.2 Å². The highest BCUT2D eigenvalue weighted by molar-refractivity contribution is 9.10. The van der Waals surface area contributed by atoms with Gasteiger partial charge < -0.3 is 10.1 Å². The first kappa shape index (κ1) is 14.8. The third-order valence-corrected chi connectivity index (χ3v) is 3.25. The van der Waals surface area contributed by atoms with Crippen molar-refractivity contribution in [3.63, 3.8) is 0 Å². The van der Waals surface area contributed by atoms with Crippen molar-refractivity contribution >= 4 is 21.6 Å². The van der Waals surface area contributed by atoms with Gasteiger partial charge in [0.15, 0.2) is 11.6 Å². The standard InChI is InChI=1S/C15H14BrF2NO/c1-10-3-2-4-12(7-10)19-5-6-20-15-13(16)8-11(17)9-14(15)18/h2-4,7-9,19H,5-6H2,1H3. The summed E-state index contributed by atoms with van der Waals surface area (Å²) in [5.74, 6) is -1.33. The van der Waals surface area contributed by atoms with E-state index in [9.17, 15) is 8.78 Å². The highest BCUT2D eigenvalue weighted by Crippen LogP contribution is 2.29. The van der Waals surface area contributed by atoms with Crippen LogP contribution in [0.1, 0.15) is 5.56 Å². The van der Waals surface area contributed by atoms with Crippen molar-refractivity contribution < 1.29 is 13.5 Å². The number of anilines is 1. The highest BCUT2D eigenvalue weighted by Gasteiger charge is 2.10. The molecule has 0 aliphatic carbocycles. The van der Waals surface area contributed by atoms with E-state index in [-0.39, 0.29) is 16.8 Å². The Kier molecular flexibility index (Phi) is 4.95. The summed E-state index contributed by atoms with van der Waals surface area (Å²) in [6, 6.07) is 9.89. The second-order valence-corrected chi connectivity index (χ2v) is 5.20. The van der Waals surface area contributed by atoms with E-state index in [2.05, 4.69) is 21.2 Å². The lowest BCUT2D eigenvalue weighted by Crippen LogP contribution is -2.12. The SMILES string of the molecule is Cc1cccc(NCCOc2c(F)cc(F)cc2Br)c1. The predicted molar refractivity (Wildman–Crippen MR) is 79.2 cm³/mol. The average Bonchev–Trinajstić information content (AvgIpc) is 2.36. The number of hydrogen-bond acceptors (Lipinski definition) is 2. The van der Waals surface area contributed by atoms with Gasteiger partial charge in [-0.2, -0.15) is 0 Å². The van der Waals surface area contributed by atoms with Crippen molar-refractivity contribution in [1.82, 2.24) is 0 Å². The molecule has 0 aromatic heterocycles. The Balaban J connectivity index is 1.88. The molecule has 20 heavy (non-hydrogen) atoms. The van der Waals surface area contributed by atoms with Crippen molar-refractivity contribution in [2.75, 3.05) is 18.5 Å². The Morgan fingerprint density at radius 1 is 1.20 bits per heavy atom. The van der Waals surface area contributed by atoms with Crippen LogP contribution in [0.3, 0.4) is 0 Å². The Labute approximate surface area is 124 Å². The molecule has 0 atom stereocenters. The van der Waals surface area contributed by atoms with Gasteiger partial charge in [-0.1, -0.05) is 12.1 Å². The number of benzene rings is 2. The van der Waals surface area contributed by atoms with Crippen molar-refractivity contribution in [3.05, 3.63) is 58.1 Å². The van der Waals surface area contributed by atoms with Crippen LogP contribution in [0, 0.1) is 18.6 Å². The minimum Gasteiger partial charge on any atom is -0.487 e. The number of aryl methyl sites for hydroxylation is 1. The van der Waals surface area contributed by atoms with E-state index in [1.165, 1.54) is 6.07 Å². The zero-order valence-corrected chi connectivity index (χ0v) is 12.5. The summed E-state index contributed by atoms with van der Waals surface area (Å²) in [5, 5.41) is 3.17. The molecule has 0 saturated heterocycles. The van der Waals surface area contributed by atoms with E-state index < -0.39 is 11.6 Å². The summed E-state index contributed by atoms with van der Waals surface area (Å²) in [6.07, 6.45) is 0. The molecular weight excluding hydrogens is 328 g/mol. The van der Waals surface area contributed by atoms with E-state index in [4.69, 9.17) is 4.74 Å². The van der Waals surface area contributed by atoms with Crippen LogP contribution in [0.2, 0.25) is 0 Å². The van der Waals surface area contributed by atoms with Gasteiger partial charge in [0.2, 0.25) is 0 Å². The Morgan fingerprint density at radius 2 is 2.00 bits per heavy atom. The van der Waals surface area contributed by atoms with Crippen molar-refractivity contribution in [1.29, 1.82) is 0 Å². The molecule has 2 nitrogen and oxygen atoms in total. The predicted octanol–water partition coefficient (Wildman–Crippen LogP) is 4.53. The van der Waals surface area contributed by atoms with Gasteiger partial charge in [0, 0.05) is 18.3 Å². The summed E-state index contributed by atoms with van der Waals surface area (Å²) in [4.78, 5) is 0. The van der Waals surface area contributed by atoms with E-state index in [0.717, 1.165) is 17.3 Å². The van der Waals surface area contributed by atoms with Gasteiger partial charge in [-0.25, -0.2) is 8.78 Å². The summed E-state index contributed by atoms with van der Waals surface area (Å²) in [6.45, 7) is 2.80. The maximum absolute atomic E-state index is 13.5. The number of nitrogens with one attached hydrogen (secondary N) is 1. The van der Waals surface area contributed by atoms with Crippen molar-refractivity contribution in [2.24, 2.45) is 0 Å². The van der Waals surface area contributed by atoms with E-state index in [0.29, 0.717) is 6.54 Å². The third-order valence-electron chi connectivity index (χ3n) is 2.66. The minimum atomic E-state index is -0.715. The number of halogens is 3. The van der Waals surface area contributed by atoms with Gasteiger partial charge in [-0.3, -0.25) is 0 Å². The van der Waals surface area contributed by atoms with Crippen molar-refractivity contribution in [2.45, 2.75) is 6.92 Å². The fourth-order valence-corrected chi connectivity index (χ4v) is 2.29. The van der Waals surface area contributed by atoms with Gasteiger partial charge >= 0.3 is 0 Å². The maximum atomic E-state index is 13.5. The van der Waals surface area contributed by atoms with E-state index in [1.54, 1.807) is 0 Å². The molecule has 0 aliphatic heterocycles. The lowest BCUT2D eigenvalue weighted by molar-refractivity contribution is 0.311. The molecule has 0 unspecified atom stereocenters. The zero-order valence-electron chi connectivity index (χ0n) is 10.9. The Morgan fingerprint density at radius 3 is 2.70 bits per heavy atom. The first-order valence-corrected chi connectivity index (χ1v) is 6.93. The van der Waals surface area contributed by atoms with Crippen LogP contribution in [0.5, 0.6) is 5.75 Å². The molecule has 5 heteroatoms. The second-order valence-electron chi connectivity index (χ2n) is 4.34. The molecule has 0 spiro atoms. The monoisotopic (exact) mass is 341 g/mol.